The van der Waals surface area contributed by atoms with Crippen molar-refractivity contribution in [3.8, 4) is 0 Å². The average molecular weight is 364 g/mol. The Morgan fingerprint density at radius 2 is 2.06 bits per heavy atom. The molecule has 1 aromatic rings. The van der Waals surface area contributed by atoms with Crippen molar-refractivity contribution < 1.29 is 16.0 Å². The Kier molecular flexibility index (Phi) is 4.73. The number of halogens is 2. The van der Waals surface area contributed by atoms with Crippen molar-refractivity contribution >= 4 is 20.6 Å². The summed E-state index contributed by atoms with van der Waals surface area (Å²) in [6, 6.07) is 6.37. The van der Waals surface area contributed by atoms with E-state index in [9.17, 15) is 4.39 Å². The summed E-state index contributed by atoms with van der Waals surface area (Å²) in [5.74, 6) is 0.433. The molecule has 2 N–H and O–H groups in total. The molecule has 1 atom stereocenters. The molecular weight excluding hydrogens is 350 g/mol. The van der Waals surface area contributed by atoms with E-state index in [0.29, 0.717) is 12.2 Å². The molecule has 1 aromatic carbocycles. The maximum absolute atomic E-state index is 12.7. The number of hydrogen-bond donors (Lipinski definition) is 2. The van der Waals surface area contributed by atoms with E-state index in [4.69, 9.17) is 11.6 Å². The van der Waals surface area contributed by atoms with Crippen LogP contribution in [0.1, 0.15) is 12.0 Å². The second-order valence-corrected chi connectivity index (χ2v) is 6.24. The van der Waals surface area contributed by atoms with E-state index in [1.807, 2.05) is 6.08 Å². The first kappa shape index (κ1) is 13.5. The van der Waals surface area contributed by atoms with Crippen LogP contribution in [-0.4, -0.2) is 13.0 Å². The fourth-order valence-corrected chi connectivity index (χ4v) is 2.45. The molecule has 0 amide bonds. The Bertz CT molecular complexity index is 454. The Hall–Kier alpha value is -0.920. The van der Waals surface area contributed by atoms with Gasteiger partial charge in [-0.05, 0) is 0 Å². The normalized spacial score (nSPS) is 19.8. The van der Waals surface area contributed by atoms with Gasteiger partial charge in [0.1, 0.15) is 0 Å². The van der Waals surface area contributed by atoms with Gasteiger partial charge in [-0.2, -0.15) is 0 Å². The molecule has 0 bridgehead atoms. The third-order valence-corrected chi connectivity index (χ3v) is 3.60. The van der Waals surface area contributed by atoms with Crippen LogP contribution in [0.5, 0.6) is 0 Å². The van der Waals surface area contributed by atoms with Gasteiger partial charge in [0.25, 0.3) is 0 Å². The van der Waals surface area contributed by atoms with Gasteiger partial charge < -0.3 is 0 Å². The number of benzene rings is 1. The van der Waals surface area contributed by atoms with Gasteiger partial charge in [0.2, 0.25) is 0 Å². The Morgan fingerprint density at radius 3 is 2.72 bits per heavy atom. The van der Waals surface area contributed by atoms with Crippen molar-refractivity contribution in [2.24, 2.45) is 0 Å². The molecule has 0 fully saturated rings. The first-order chi connectivity index (χ1) is 8.63. The molecule has 0 saturated heterocycles. The summed E-state index contributed by atoms with van der Waals surface area (Å²) in [7, 11) is 0. The summed E-state index contributed by atoms with van der Waals surface area (Å²) in [6.45, 7) is 0. The fourth-order valence-electron chi connectivity index (χ4n) is 1.77. The van der Waals surface area contributed by atoms with Crippen LogP contribution in [0.2, 0.25) is 0 Å². The van der Waals surface area contributed by atoms with Crippen molar-refractivity contribution in [3.05, 3.63) is 57.6 Å². The van der Waals surface area contributed by atoms with Gasteiger partial charge in [0.15, 0.2) is 0 Å². The third-order valence-electron chi connectivity index (χ3n) is 2.60. The van der Waals surface area contributed by atoms with Crippen molar-refractivity contribution in [1.29, 1.82) is 0 Å². The summed E-state index contributed by atoms with van der Waals surface area (Å²) in [4.78, 5) is 0. The second-order valence-electron chi connectivity index (χ2n) is 3.98. The first-order valence-electron chi connectivity index (χ1n) is 5.50. The maximum atomic E-state index is 12.7. The van der Waals surface area contributed by atoms with E-state index < -0.39 is 20.6 Å². The summed E-state index contributed by atoms with van der Waals surface area (Å²) in [5, 5.41) is 0. The Balaban J connectivity index is 1.86. The summed E-state index contributed by atoms with van der Waals surface area (Å²) in [5.41, 5.74) is 1.03. The van der Waals surface area contributed by atoms with E-state index in [2.05, 4.69) is 0 Å². The summed E-state index contributed by atoms with van der Waals surface area (Å²) < 4.78 is 37.5. The third kappa shape index (κ3) is 4.08. The van der Waals surface area contributed by atoms with Gasteiger partial charge in [0, 0.05) is 0 Å². The zero-order chi connectivity index (χ0) is 13.0. The van der Waals surface area contributed by atoms with Crippen molar-refractivity contribution in [3.63, 3.8) is 0 Å². The van der Waals surface area contributed by atoms with E-state index >= 15 is 0 Å². The number of rotatable bonds is 4. The van der Waals surface area contributed by atoms with Crippen molar-refractivity contribution in [1.82, 2.24) is 0 Å². The zero-order valence-electron chi connectivity index (χ0n) is 9.59. The molecule has 18 heavy (non-hydrogen) atoms. The first-order valence-corrected chi connectivity index (χ1v) is 8.67. The SMILES string of the molecule is OI(O)/C=C/C1=CCC(Cc2ccc(F)cc2)O1. The number of allylic oxidation sites excluding steroid dienone is 1. The van der Waals surface area contributed by atoms with Gasteiger partial charge in [-0.3, -0.25) is 0 Å². The van der Waals surface area contributed by atoms with Gasteiger partial charge in [-0.15, -0.1) is 0 Å². The number of hydrogen-bond acceptors (Lipinski definition) is 3. The molecule has 0 aliphatic carbocycles. The second kappa shape index (κ2) is 6.31. The minimum atomic E-state index is -2.82. The van der Waals surface area contributed by atoms with E-state index in [1.165, 1.54) is 16.2 Å². The van der Waals surface area contributed by atoms with Gasteiger partial charge in [0.05, 0.1) is 0 Å². The summed E-state index contributed by atoms with van der Waals surface area (Å²) in [6.07, 6.45) is 5.06. The van der Waals surface area contributed by atoms with Crippen molar-refractivity contribution in [2.75, 3.05) is 0 Å². The van der Waals surface area contributed by atoms with Gasteiger partial charge in [-0.1, -0.05) is 0 Å². The molecule has 0 saturated carbocycles. The molecule has 0 spiro atoms. The number of ether oxygens (including phenoxy) is 1. The van der Waals surface area contributed by atoms with Crippen LogP contribution < -0.4 is 0 Å². The molecule has 0 aromatic heterocycles. The molecule has 5 heteroatoms. The quantitative estimate of drug-likeness (QED) is 0.808. The Labute approximate surface area is 113 Å². The molecule has 1 unspecified atom stereocenters. The van der Waals surface area contributed by atoms with Crippen LogP contribution in [0, 0.1) is 5.82 Å². The van der Waals surface area contributed by atoms with Crippen LogP contribution in [0.4, 0.5) is 4.39 Å². The summed E-state index contributed by atoms with van der Waals surface area (Å²) >= 11 is -2.82. The van der Waals surface area contributed by atoms with E-state index in [-0.39, 0.29) is 11.9 Å². The van der Waals surface area contributed by atoms with E-state index in [1.54, 1.807) is 18.2 Å². The van der Waals surface area contributed by atoms with Crippen LogP contribution in [0.15, 0.2) is 46.3 Å². The predicted octanol–water partition coefficient (Wildman–Crippen LogP) is 2.88. The van der Waals surface area contributed by atoms with Crippen molar-refractivity contribution in [2.45, 2.75) is 18.9 Å². The monoisotopic (exact) mass is 364 g/mol. The molecular formula is C13H14FIO3. The van der Waals surface area contributed by atoms with Gasteiger partial charge >= 0.3 is 113 Å². The molecule has 0 radical (unpaired) electrons. The minimum absolute atomic E-state index is 0.0368. The molecule has 1 heterocycles. The molecule has 1 aliphatic heterocycles. The van der Waals surface area contributed by atoms with Crippen LogP contribution in [0.25, 0.3) is 0 Å². The Morgan fingerprint density at radius 1 is 1.33 bits per heavy atom. The van der Waals surface area contributed by atoms with Crippen LogP contribution in [-0.2, 0) is 11.2 Å². The van der Waals surface area contributed by atoms with Crippen LogP contribution in [0.3, 0.4) is 0 Å². The fraction of sp³-hybridized carbons (Fsp3) is 0.231. The van der Waals surface area contributed by atoms with Gasteiger partial charge in [-0.25, -0.2) is 0 Å². The van der Waals surface area contributed by atoms with Crippen LogP contribution >= 0.6 is 20.6 Å². The zero-order valence-corrected chi connectivity index (χ0v) is 11.7. The standard InChI is InChI=1S/C13H14FIO3/c14-11-3-1-10(2-4-11)9-13-6-5-12(18-13)7-8-15(16)17/h1-5,7-8,13,16-17H,6,9H2/b8-7+. The average Bonchev–Trinajstić information content (AvgIpc) is 2.77. The predicted molar refractivity (Wildman–Crippen MR) is 75.3 cm³/mol. The topological polar surface area (TPSA) is 49.7 Å². The molecule has 1 aliphatic rings. The molecule has 2 rings (SSSR count). The molecule has 98 valence electrons. The molecule has 3 nitrogen and oxygen atoms in total. The van der Waals surface area contributed by atoms with E-state index in [0.717, 1.165) is 12.0 Å².